The summed E-state index contributed by atoms with van der Waals surface area (Å²) in [6.45, 7) is 2.16. The fourth-order valence-electron chi connectivity index (χ4n) is 1.51. The van der Waals surface area contributed by atoms with Gasteiger partial charge >= 0.3 is 0 Å². The Morgan fingerprint density at radius 3 is 2.67 bits per heavy atom. The van der Waals surface area contributed by atoms with Gasteiger partial charge in [-0.25, -0.2) is 13.8 Å². The van der Waals surface area contributed by atoms with Crippen LogP contribution in [0.5, 0.6) is 0 Å². The normalized spacial score (nSPS) is 10.2. The van der Waals surface area contributed by atoms with Crippen molar-refractivity contribution in [2.45, 2.75) is 13.5 Å². The zero-order chi connectivity index (χ0) is 12.4. The van der Waals surface area contributed by atoms with Gasteiger partial charge in [0.1, 0.15) is 16.6 Å². The molecule has 0 aliphatic carbocycles. The van der Waals surface area contributed by atoms with Crippen LogP contribution in [0.3, 0.4) is 0 Å². The lowest BCUT2D eigenvalue weighted by molar-refractivity contribution is 0.595. The van der Waals surface area contributed by atoms with Crippen molar-refractivity contribution in [1.29, 1.82) is 0 Å². The van der Waals surface area contributed by atoms with Gasteiger partial charge in [0.15, 0.2) is 0 Å². The molecular formula is C12H13ClF2N2S. The summed E-state index contributed by atoms with van der Waals surface area (Å²) in [5, 5.41) is 5.55. The number of nitrogens with zero attached hydrogens (tertiary/aromatic N) is 1. The van der Waals surface area contributed by atoms with E-state index in [4.69, 9.17) is 0 Å². The second kappa shape index (κ2) is 6.22. The molecule has 0 saturated heterocycles. The molecule has 0 aliphatic rings. The molecule has 0 atom stereocenters. The van der Waals surface area contributed by atoms with Crippen LogP contribution in [-0.4, -0.2) is 12.0 Å². The van der Waals surface area contributed by atoms with Crippen LogP contribution >= 0.6 is 23.7 Å². The van der Waals surface area contributed by atoms with Crippen molar-refractivity contribution in [2.24, 2.45) is 0 Å². The molecule has 0 fully saturated rings. The quantitative estimate of drug-likeness (QED) is 0.935. The van der Waals surface area contributed by atoms with Gasteiger partial charge in [-0.05, 0) is 31.7 Å². The molecule has 2 aromatic rings. The maximum atomic E-state index is 13.7. The minimum absolute atomic E-state index is 0. The van der Waals surface area contributed by atoms with Crippen molar-refractivity contribution < 1.29 is 8.78 Å². The lowest BCUT2D eigenvalue weighted by Crippen LogP contribution is -2.04. The number of rotatable bonds is 3. The van der Waals surface area contributed by atoms with Gasteiger partial charge in [0, 0.05) is 17.5 Å². The highest BCUT2D eigenvalue weighted by atomic mass is 35.5. The fourth-order valence-corrected chi connectivity index (χ4v) is 2.32. The third-order valence-electron chi connectivity index (χ3n) is 2.40. The number of benzene rings is 1. The molecule has 6 heteroatoms. The molecular weight excluding hydrogens is 278 g/mol. The third-order valence-corrected chi connectivity index (χ3v) is 3.25. The van der Waals surface area contributed by atoms with Gasteiger partial charge < -0.3 is 5.32 Å². The summed E-state index contributed by atoms with van der Waals surface area (Å²) in [5.41, 5.74) is 1.00. The molecule has 18 heavy (non-hydrogen) atoms. The molecule has 1 heterocycles. The number of hydrogen-bond acceptors (Lipinski definition) is 3. The molecule has 2 nitrogen and oxygen atoms in total. The van der Waals surface area contributed by atoms with Gasteiger partial charge in [-0.2, -0.15) is 0 Å². The Morgan fingerprint density at radius 2 is 2.00 bits per heavy atom. The average Bonchev–Trinajstić information content (AvgIpc) is 2.72. The maximum Gasteiger partial charge on any atom is 0.133 e. The Morgan fingerprint density at radius 1 is 1.28 bits per heavy atom. The maximum absolute atomic E-state index is 13.7. The molecule has 0 aliphatic heterocycles. The third kappa shape index (κ3) is 3.04. The Kier molecular flexibility index (Phi) is 5.19. The molecule has 1 N–H and O–H groups in total. The number of thiazole rings is 1. The molecule has 2 rings (SSSR count). The summed E-state index contributed by atoms with van der Waals surface area (Å²) in [6, 6.07) is 2.39. The lowest BCUT2D eigenvalue weighted by Gasteiger charge is -2.02. The first-order valence-electron chi connectivity index (χ1n) is 5.17. The number of aromatic nitrogens is 1. The van der Waals surface area contributed by atoms with E-state index in [0.29, 0.717) is 17.8 Å². The Labute approximate surface area is 114 Å². The summed E-state index contributed by atoms with van der Waals surface area (Å²) < 4.78 is 27.1. The highest BCUT2D eigenvalue weighted by molar-refractivity contribution is 7.09. The van der Waals surface area contributed by atoms with Gasteiger partial charge in [0.05, 0.1) is 5.69 Å². The molecule has 0 radical (unpaired) electrons. The van der Waals surface area contributed by atoms with Crippen LogP contribution in [0.4, 0.5) is 8.78 Å². The summed E-state index contributed by atoms with van der Waals surface area (Å²) in [6.07, 6.45) is 0. The van der Waals surface area contributed by atoms with Crippen molar-refractivity contribution in [3.05, 3.63) is 39.7 Å². The van der Waals surface area contributed by atoms with E-state index in [0.717, 1.165) is 5.01 Å². The van der Waals surface area contributed by atoms with Gasteiger partial charge in [0.2, 0.25) is 0 Å². The largest absolute Gasteiger partial charge is 0.314 e. The van der Waals surface area contributed by atoms with Gasteiger partial charge in [0.25, 0.3) is 0 Å². The van der Waals surface area contributed by atoms with E-state index in [1.165, 1.54) is 30.4 Å². The monoisotopic (exact) mass is 290 g/mol. The minimum Gasteiger partial charge on any atom is -0.314 e. The van der Waals surface area contributed by atoms with Crippen molar-refractivity contribution in [3.63, 3.8) is 0 Å². The second-order valence-electron chi connectivity index (χ2n) is 3.74. The summed E-state index contributed by atoms with van der Waals surface area (Å²) in [5.74, 6) is -0.852. The van der Waals surface area contributed by atoms with Crippen LogP contribution in [0.2, 0.25) is 0 Å². The van der Waals surface area contributed by atoms with Crippen LogP contribution in [-0.2, 0) is 6.54 Å². The number of hydrogen-bond donors (Lipinski definition) is 1. The van der Waals surface area contributed by atoms with E-state index in [1.807, 2.05) is 7.05 Å². The van der Waals surface area contributed by atoms with Crippen molar-refractivity contribution >= 4 is 23.7 Å². The molecule has 0 bridgehead atoms. The van der Waals surface area contributed by atoms with Gasteiger partial charge in [-0.15, -0.1) is 23.7 Å². The van der Waals surface area contributed by atoms with Gasteiger partial charge in [-0.1, -0.05) is 0 Å². The van der Waals surface area contributed by atoms with Crippen LogP contribution in [0, 0.1) is 18.6 Å². The average molecular weight is 291 g/mol. The first kappa shape index (κ1) is 15.0. The van der Waals surface area contributed by atoms with E-state index in [-0.39, 0.29) is 18.0 Å². The standard InChI is InChI=1S/C12H12F2N2S.ClH/c1-7-3-10(14)8(4-9(7)13)11-6-17-12(16-11)5-15-2;/h3-4,6,15H,5H2,1-2H3;1H. The minimum atomic E-state index is -0.440. The predicted octanol–water partition coefficient (Wildman–Crippen LogP) is 3.54. The number of halogens is 3. The summed E-state index contributed by atoms with van der Waals surface area (Å²) in [7, 11) is 1.81. The Hall–Kier alpha value is -1.04. The Balaban J connectivity index is 0.00000162. The molecule has 0 unspecified atom stereocenters. The van der Waals surface area contributed by atoms with E-state index >= 15 is 0 Å². The SMILES string of the molecule is CNCc1nc(-c2cc(F)c(C)cc2F)cs1.Cl. The van der Waals surface area contributed by atoms with Crippen LogP contribution < -0.4 is 5.32 Å². The predicted molar refractivity (Wildman–Crippen MR) is 72.2 cm³/mol. The van der Waals surface area contributed by atoms with E-state index in [9.17, 15) is 8.78 Å². The van der Waals surface area contributed by atoms with Crippen molar-refractivity contribution in [1.82, 2.24) is 10.3 Å². The molecule has 0 saturated carbocycles. The first-order chi connectivity index (χ1) is 8.11. The van der Waals surface area contributed by atoms with E-state index < -0.39 is 11.6 Å². The molecule has 98 valence electrons. The van der Waals surface area contributed by atoms with Crippen LogP contribution in [0.1, 0.15) is 10.6 Å². The van der Waals surface area contributed by atoms with Crippen molar-refractivity contribution in [3.8, 4) is 11.3 Å². The van der Waals surface area contributed by atoms with Crippen molar-refractivity contribution in [2.75, 3.05) is 7.05 Å². The zero-order valence-electron chi connectivity index (χ0n) is 9.96. The molecule has 1 aromatic heterocycles. The van der Waals surface area contributed by atoms with E-state index in [1.54, 1.807) is 5.38 Å². The number of aryl methyl sites for hydroxylation is 1. The van der Waals surface area contributed by atoms with Crippen LogP contribution in [0.25, 0.3) is 11.3 Å². The van der Waals surface area contributed by atoms with Crippen LogP contribution in [0.15, 0.2) is 17.5 Å². The summed E-state index contributed by atoms with van der Waals surface area (Å²) in [4.78, 5) is 4.25. The highest BCUT2D eigenvalue weighted by Crippen LogP contribution is 2.26. The Bertz CT molecular complexity index is 543. The number of nitrogens with one attached hydrogen (secondary N) is 1. The van der Waals surface area contributed by atoms with Gasteiger partial charge in [-0.3, -0.25) is 0 Å². The molecule has 1 aromatic carbocycles. The smallest absolute Gasteiger partial charge is 0.133 e. The fraction of sp³-hybridized carbons (Fsp3) is 0.250. The second-order valence-corrected chi connectivity index (χ2v) is 4.68. The molecule has 0 amide bonds. The highest BCUT2D eigenvalue weighted by Gasteiger charge is 2.12. The van der Waals surface area contributed by atoms with E-state index in [2.05, 4.69) is 10.3 Å². The lowest BCUT2D eigenvalue weighted by atomic mass is 10.1. The zero-order valence-corrected chi connectivity index (χ0v) is 11.6. The first-order valence-corrected chi connectivity index (χ1v) is 6.05. The summed E-state index contributed by atoms with van der Waals surface area (Å²) >= 11 is 1.42. The topological polar surface area (TPSA) is 24.9 Å². The molecule has 0 spiro atoms.